The fraction of sp³-hybridized carbons (Fsp3) is 0.357. The normalized spacial score (nSPS) is 16.0. The van der Waals surface area contributed by atoms with Crippen LogP contribution >= 0.6 is 0 Å². The van der Waals surface area contributed by atoms with Crippen molar-refractivity contribution in [1.29, 1.82) is 0 Å². The van der Waals surface area contributed by atoms with E-state index in [1.807, 2.05) is 54.6 Å². The molecular weight excluding hydrogens is 494 g/mol. The van der Waals surface area contributed by atoms with Gasteiger partial charge in [0.15, 0.2) is 0 Å². The maximum Gasteiger partial charge on any atom is 0.416 e. The fourth-order valence-electron chi connectivity index (χ4n) is 4.87. The van der Waals surface area contributed by atoms with Crippen molar-refractivity contribution >= 4 is 5.69 Å². The zero-order valence-corrected chi connectivity index (χ0v) is 20.3. The number of halogens is 6. The molecule has 1 atom stereocenters. The minimum atomic E-state index is -4.86. The van der Waals surface area contributed by atoms with Crippen LogP contribution in [0.2, 0.25) is 0 Å². The molecule has 0 aromatic heterocycles. The van der Waals surface area contributed by atoms with Crippen LogP contribution in [0.1, 0.15) is 34.7 Å². The summed E-state index contributed by atoms with van der Waals surface area (Å²) in [7, 11) is 1.62. The molecule has 4 rings (SSSR count). The van der Waals surface area contributed by atoms with E-state index in [2.05, 4.69) is 9.80 Å². The van der Waals surface area contributed by atoms with E-state index in [4.69, 9.17) is 4.74 Å². The van der Waals surface area contributed by atoms with Gasteiger partial charge in [0.1, 0.15) is 5.75 Å². The number of hydrogen-bond acceptors (Lipinski definition) is 3. The Bertz CT molecular complexity index is 1140. The molecule has 1 saturated heterocycles. The van der Waals surface area contributed by atoms with Crippen molar-refractivity contribution in [1.82, 2.24) is 4.90 Å². The van der Waals surface area contributed by atoms with Crippen LogP contribution in [-0.4, -0.2) is 38.2 Å². The number of aryl methyl sites for hydroxylation is 1. The van der Waals surface area contributed by atoms with E-state index in [1.165, 1.54) is 0 Å². The van der Waals surface area contributed by atoms with Gasteiger partial charge in [-0.05, 0) is 54.3 Å². The first-order valence-electron chi connectivity index (χ1n) is 12.0. The molecule has 0 N–H and O–H groups in total. The van der Waals surface area contributed by atoms with E-state index in [1.54, 1.807) is 7.11 Å². The Morgan fingerprint density at radius 1 is 0.757 bits per heavy atom. The van der Waals surface area contributed by atoms with Crippen LogP contribution in [-0.2, 0) is 18.8 Å². The molecule has 0 radical (unpaired) electrons. The highest BCUT2D eigenvalue weighted by Gasteiger charge is 2.37. The van der Waals surface area contributed by atoms with Gasteiger partial charge in [-0.2, -0.15) is 26.3 Å². The molecule has 1 aliphatic rings. The highest BCUT2D eigenvalue weighted by molar-refractivity contribution is 5.58. The van der Waals surface area contributed by atoms with Crippen molar-refractivity contribution in [2.24, 2.45) is 0 Å². The molecule has 1 heterocycles. The Hall–Kier alpha value is -3.20. The lowest BCUT2D eigenvalue weighted by Gasteiger charge is -2.41. The number of nitrogens with zero attached hydrogens (tertiary/aromatic N) is 2. The molecule has 0 aliphatic carbocycles. The summed E-state index contributed by atoms with van der Waals surface area (Å²) in [5.41, 5.74) is -0.561. The molecule has 1 unspecified atom stereocenters. The van der Waals surface area contributed by atoms with Gasteiger partial charge in [0.25, 0.3) is 0 Å². The van der Waals surface area contributed by atoms with Gasteiger partial charge in [0.05, 0.1) is 23.9 Å². The summed E-state index contributed by atoms with van der Waals surface area (Å²) in [6.45, 7) is 2.80. The number of para-hydroxylation sites is 2. The van der Waals surface area contributed by atoms with E-state index < -0.39 is 23.5 Å². The minimum absolute atomic E-state index is 0.0238. The number of ether oxygens (including phenoxy) is 1. The van der Waals surface area contributed by atoms with Gasteiger partial charge in [-0.1, -0.05) is 42.5 Å². The molecule has 0 spiro atoms. The van der Waals surface area contributed by atoms with Gasteiger partial charge in [-0.3, -0.25) is 4.90 Å². The standard InChI is InChI=1S/C28H28F6N2O/c1-37-26-10-6-5-9-25(26)36-15-13-35(14-16-36)24(21-7-3-2-4-8-21)12-11-20-17-22(27(29,30)31)19-23(18-20)28(32,33)34/h2-10,17-19,24H,11-16H2,1H3. The van der Waals surface area contributed by atoms with Crippen LogP contribution in [0.5, 0.6) is 5.75 Å². The molecule has 3 nitrogen and oxygen atoms in total. The van der Waals surface area contributed by atoms with E-state index in [0.717, 1.165) is 29.1 Å². The van der Waals surface area contributed by atoms with Crippen LogP contribution in [0.25, 0.3) is 0 Å². The largest absolute Gasteiger partial charge is 0.495 e. The van der Waals surface area contributed by atoms with E-state index in [0.29, 0.717) is 32.6 Å². The lowest BCUT2D eigenvalue weighted by Crippen LogP contribution is -2.47. The molecular formula is C28H28F6N2O. The van der Waals surface area contributed by atoms with Gasteiger partial charge >= 0.3 is 12.4 Å². The fourth-order valence-corrected chi connectivity index (χ4v) is 4.87. The molecule has 198 valence electrons. The van der Waals surface area contributed by atoms with Crippen molar-refractivity contribution in [3.05, 3.63) is 95.1 Å². The van der Waals surface area contributed by atoms with Gasteiger partial charge in [0, 0.05) is 32.2 Å². The topological polar surface area (TPSA) is 15.7 Å². The van der Waals surface area contributed by atoms with Crippen molar-refractivity contribution in [3.63, 3.8) is 0 Å². The molecule has 3 aromatic rings. The average Bonchev–Trinajstić information content (AvgIpc) is 2.88. The molecule has 0 saturated carbocycles. The summed E-state index contributed by atoms with van der Waals surface area (Å²) >= 11 is 0. The highest BCUT2D eigenvalue weighted by atomic mass is 19.4. The number of piperazine rings is 1. The first kappa shape index (κ1) is 26.9. The highest BCUT2D eigenvalue weighted by Crippen LogP contribution is 2.37. The van der Waals surface area contributed by atoms with Crippen molar-refractivity contribution in [2.45, 2.75) is 31.2 Å². The van der Waals surface area contributed by atoms with Gasteiger partial charge in [-0.15, -0.1) is 0 Å². The van der Waals surface area contributed by atoms with Gasteiger partial charge < -0.3 is 9.64 Å². The number of anilines is 1. The van der Waals surface area contributed by atoms with Crippen LogP contribution in [0.15, 0.2) is 72.8 Å². The Morgan fingerprint density at radius 3 is 1.89 bits per heavy atom. The summed E-state index contributed by atoms with van der Waals surface area (Å²) in [4.78, 5) is 4.47. The number of methoxy groups -OCH3 is 1. The summed E-state index contributed by atoms with van der Waals surface area (Å²) in [5.74, 6) is 0.778. The monoisotopic (exact) mass is 522 g/mol. The molecule has 1 fully saturated rings. The Kier molecular flexibility index (Phi) is 8.02. The molecule has 3 aromatic carbocycles. The first-order chi connectivity index (χ1) is 17.6. The van der Waals surface area contributed by atoms with E-state index in [9.17, 15) is 26.3 Å². The predicted molar refractivity (Wildman–Crippen MR) is 131 cm³/mol. The number of hydrogen-bond donors (Lipinski definition) is 0. The SMILES string of the molecule is COc1ccccc1N1CCN(C(CCc2cc(C(F)(F)F)cc(C(F)(F)F)c2)c2ccccc2)CC1. The predicted octanol–water partition coefficient (Wildman–Crippen LogP) is 7.23. The second-order valence-electron chi connectivity index (χ2n) is 9.07. The minimum Gasteiger partial charge on any atom is -0.495 e. The third-order valence-corrected chi connectivity index (χ3v) is 6.72. The van der Waals surface area contributed by atoms with E-state index in [-0.39, 0.29) is 24.1 Å². The molecule has 0 bridgehead atoms. The average molecular weight is 523 g/mol. The van der Waals surface area contributed by atoms with Crippen LogP contribution in [0.3, 0.4) is 0 Å². The summed E-state index contributed by atoms with van der Waals surface area (Å²) in [5, 5.41) is 0. The van der Waals surface area contributed by atoms with Gasteiger partial charge in [0.2, 0.25) is 0 Å². The summed E-state index contributed by atoms with van der Waals surface area (Å²) in [6.07, 6.45) is -9.25. The van der Waals surface area contributed by atoms with E-state index >= 15 is 0 Å². The zero-order valence-electron chi connectivity index (χ0n) is 20.3. The number of alkyl halides is 6. The maximum absolute atomic E-state index is 13.3. The van der Waals surface area contributed by atoms with Crippen LogP contribution in [0, 0.1) is 0 Å². The first-order valence-corrected chi connectivity index (χ1v) is 12.0. The molecule has 1 aliphatic heterocycles. The lowest BCUT2D eigenvalue weighted by molar-refractivity contribution is -0.143. The van der Waals surface area contributed by atoms with Crippen molar-refractivity contribution < 1.29 is 31.1 Å². The number of rotatable bonds is 7. The van der Waals surface area contributed by atoms with Gasteiger partial charge in [-0.25, -0.2) is 0 Å². The Balaban J connectivity index is 1.54. The summed E-state index contributed by atoms with van der Waals surface area (Å²) in [6, 6.07) is 19.0. The maximum atomic E-state index is 13.3. The zero-order chi connectivity index (χ0) is 26.6. The molecule has 37 heavy (non-hydrogen) atoms. The Labute approximate surface area is 212 Å². The Morgan fingerprint density at radius 2 is 1.32 bits per heavy atom. The summed E-state index contributed by atoms with van der Waals surface area (Å²) < 4.78 is 85.5. The third-order valence-electron chi connectivity index (χ3n) is 6.72. The third kappa shape index (κ3) is 6.57. The second kappa shape index (κ2) is 11.0. The number of benzene rings is 3. The molecule has 0 amide bonds. The second-order valence-corrected chi connectivity index (χ2v) is 9.07. The quantitative estimate of drug-likeness (QED) is 0.305. The van der Waals surface area contributed by atoms with Crippen LogP contribution < -0.4 is 9.64 Å². The smallest absolute Gasteiger partial charge is 0.416 e. The lowest BCUT2D eigenvalue weighted by atomic mass is 9.95. The van der Waals surface area contributed by atoms with Crippen molar-refractivity contribution in [3.8, 4) is 5.75 Å². The van der Waals surface area contributed by atoms with Crippen molar-refractivity contribution in [2.75, 3.05) is 38.2 Å². The molecule has 9 heteroatoms. The van der Waals surface area contributed by atoms with Crippen LogP contribution in [0.4, 0.5) is 32.0 Å².